The molecule has 0 radical (unpaired) electrons. The molecule has 1 aliphatic rings. The molecule has 0 aliphatic heterocycles. The number of aryl methyl sites for hydroxylation is 3. The molecule has 1 atom stereocenters. The lowest BCUT2D eigenvalue weighted by atomic mass is 9.97. The molecular weight excluding hydrogens is 374 g/mol. The highest BCUT2D eigenvalue weighted by atomic mass is 32.2. The van der Waals surface area contributed by atoms with Gasteiger partial charge < -0.3 is 4.90 Å². The van der Waals surface area contributed by atoms with E-state index in [9.17, 15) is 4.79 Å². The monoisotopic (exact) mass is 397 g/mol. The van der Waals surface area contributed by atoms with Crippen molar-refractivity contribution in [1.29, 1.82) is 0 Å². The van der Waals surface area contributed by atoms with Gasteiger partial charge in [0.1, 0.15) is 15.7 Å². The van der Waals surface area contributed by atoms with Crippen molar-refractivity contribution < 1.29 is 4.79 Å². The van der Waals surface area contributed by atoms with Gasteiger partial charge in [-0.05, 0) is 57.2 Å². The van der Waals surface area contributed by atoms with Gasteiger partial charge in [-0.15, -0.1) is 11.3 Å². The van der Waals surface area contributed by atoms with E-state index in [1.54, 1.807) is 28.0 Å². The van der Waals surface area contributed by atoms with Gasteiger partial charge >= 0.3 is 0 Å². The summed E-state index contributed by atoms with van der Waals surface area (Å²) in [6.07, 6.45) is 4.72. The SMILES string of the molecule is Cc1nc(S[C@H](C)C(=O)N(C)c2ccccc2)c2c3c(sc2n1)CCCC3. The van der Waals surface area contributed by atoms with E-state index in [0.717, 1.165) is 34.2 Å². The van der Waals surface area contributed by atoms with Crippen LogP contribution in [0.5, 0.6) is 0 Å². The number of nitrogens with zero attached hydrogens (tertiary/aromatic N) is 3. The van der Waals surface area contributed by atoms with E-state index in [1.165, 1.54) is 28.7 Å². The number of aromatic nitrogens is 2. The second-order valence-corrected chi connectivity index (χ2v) is 9.37. The second-order valence-electron chi connectivity index (χ2n) is 6.96. The number of rotatable bonds is 4. The number of thiophene rings is 1. The van der Waals surface area contributed by atoms with Crippen LogP contribution in [0, 0.1) is 6.92 Å². The quantitative estimate of drug-likeness (QED) is 0.458. The highest BCUT2D eigenvalue weighted by Crippen LogP contribution is 2.40. The highest BCUT2D eigenvalue weighted by Gasteiger charge is 2.25. The Hall–Kier alpha value is -1.92. The maximum atomic E-state index is 13.0. The van der Waals surface area contributed by atoms with Crippen molar-refractivity contribution in [3.63, 3.8) is 0 Å². The summed E-state index contributed by atoms with van der Waals surface area (Å²) in [6, 6.07) is 9.77. The summed E-state index contributed by atoms with van der Waals surface area (Å²) < 4.78 is 0. The van der Waals surface area contributed by atoms with Crippen LogP contribution >= 0.6 is 23.1 Å². The number of amides is 1. The molecule has 0 spiro atoms. The van der Waals surface area contributed by atoms with Gasteiger partial charge in [0.05, 0.1) is 5.25 Å². The van der Waals surface area contributed by atoms with Crippen LogP contribution in [0.15, 0.2) is 35.4 Å². The first-order chi connectivity index (χ1) is 13.0. The smallest absolute Gasteiger partial charge is 0.239 e. The van der Waals surface area contributed by atoms with Gasteiger partial charge in [-0.3, -0.25) is 4.79 Å². The minimum Gasteiger partial charge on any atom is -0.315 e. The Morgan fingerprint density at radius 3 is 2.70 bits per heavy atom. The predicted molar refractivity (Wildman–Crippen MR) is 114 cm³/mol. The predicted octanol–water partition coefficient (Wildman–Crippen LogP) is 5.02. The number of carbonyl (C=O) groups excluding carboxylic acids is 1. The summed E-state index contributed by atoms with van der Waals surface area (Å²) in [6.45, 7) is 3.90. The average molecular weight is 398 g/mol. The van der Waals surface area contributed by atoms with Crippen LogP contribution in [0.25, 0.3) is 10.2 Å². The molecule has 2 aromatic heterocycles. The molecule has 1 aromatic carbocycles. The first-order valence-electron chi connectivity index (χ1n) is 9.32. The Morgan fingerprint density at radius 1 is 1.19 bits per heavy atom. The number of hydrogen-bond donors (Lipinski definition) is 0. The molecule has 2 heterocycles. The third-order valence-electron chi connectivity index (χ3n) is 5.00. The van der Waals surface area contributed by atoms with Gasteiger partial charge in [0.25, 0.3) is 0 Å². The van der Waals surface area contributed by atoms with Crippen LogP contribution in [0.4, 0.5) is 5.69 Å². The molecule has 6 heteroatoms. The third kappa shape index (κ3) is 3.60. The molecule has 4 nitrogen and oxygen atoms in total. The van der Waals surface area contributed by atoms with E-state index < -0.39 is 0 Å². The number of anilines is 1. The minimum absolute atomic E-state index is 0.0831. The standard InChI is InChI=1S/C21H23N3OS2/c1-13(21(25)24(3)15-9-5-4-6-10-15)26-19-18-16-11-7-8-12-17(16)27-20(18)23-14(2)22-19/h4-6,9-10,13H,7-8,11-12H2,1-3H3/t13-/m1/s1. The Kier molecular flexibility index (Phi) is 5.19. The Bertz CT molecular complexity index is 984. The van der Waals surface area contributed by atoms with Crippen LogP contribution in [0.2, 0.25) is 0 Å². The largest absolute Gasteiger partial charge is 0.315 e. The molecule has 0 N–H and O–H groups in total. The summed E-state index contributed by atoms with van der Waals surface area (Å²) >= 11 is 3.37. The van der Waals surface area contributed by atoms with Crippen LogP contribution in [-0.4, -0.2) is 28.2 Å². The van der Waals surface area contributed by atoms with Crippen molar-refractivity contribution in [3.8, 4) is 0 Å². The van der Waals surface area contributed by atoms with Crippen LogP contribution in [0.3, 0.4) is 0 Å². The minimum atomic E-state index is -0.216. The number of fused-ring (bicyclic) bond motifs is 3. The molecule has 0 fully saturated rings. The maximum Gasteiger partial charge on any atom is 0.239 e. The zero-order chi connectivity index (χ0) is 19.0. The molecule has 0 saturated carbocycles. The number of benzene rings is 1. The van der Waals surface area contributed by atoms with Crippen molar-refractivity contribution in [3.05, 3.63) is 46.6 Å². The van der Waals surface area contributed by atoms with Crippen molar-refractivity contribution in [2.75, 3.05) is 11.9 Å². The first-order valence-corrected chi connectivity index (χ1v) is 11.0. The van der Waals surface area contributed by atoms with Crippen LogP contribution < -0.4 is 4.90 Å². The molecular formula is C21H23N3OS2. The topological polar surface area (TPSA) is 46.1 Å². The molecule has 0 saturated heterocycles. The van der Waals surface area contributed by atoms with Crippen molar-refractivity contribution >= 4 is 44.9 Å². The lowest BCUT2D eigenvalue weighted by Crippen LogP contribution is -2.33. The molecule has 0 bridgehead atoms. The van der Waals surface area contributed by atoms with Gasteiger partial charge in [0, 0.05) is 23.0 Å². The van der Waals surface area contributed by atoms with Gasteiger partial charge in [-0.25, -0.2) is 9.97 Å². The van der Waals surface area contributed by atoms with E-state index >= 15 is 0 Å². The van der Waals surface area contributed by atoms with Crippen molar-refractivity contribution in [2.45, 2.75) is 49.8 Å². The number of hydrogen-bond acceptors (Lipinski definition) is 5. The fraction of sp³-hybridized carbons (Fsp3) is 0.381. The van der Waals surface area contributed by atoms with E-state index in [4.69, 9.17) is 4.98 Å². The van der Waals surface area contributed by atoms with Gasteiger partial charge in [0.2, 0.25) is 5.91 Å². The Morgan fingerprint density at radius 2 is 1.93 bits per heavy atom. The second kappa shape index (κ2) is 7.60. The molecule has 140 valence electrons. The van der Waals surface area contributed by atoms with E-state index in [0.29, 0.717) is 0 Å². The van der Waals surface area contributed by atoms with Gasteiger partial charge in [-0.2, -0.15) is 0 Å². The molecule has 0 unspecified atom stereocenters. The normalized spacial score (nSPS) is 14.8. The summed E-state index contributed by atoms with van der Waals surface area (Å²) in [4.78, 5) is 26.6. The van der Waals surface area contributed by atoms with Crippen molar-refractivity contribution in [2.24, 2.45) is 0 Å². The van der Waals surface area contributed by atoms with Gasteiger partial charge in [0.15, 0.2) is 0 Å². The van der Waals surface area contributed by atoms with Gasteiger partial charge in [-0.1, -0.05) is 30.0 Å². The third-order valence-corrected chi connectivity index (χ3v) is 7.26. The zero-order valence-corrected chi connectivity index (χ0v) is 17.5. The maximum absolute atomic E-state index is 13.0. The molecule has 1 amide bonds. The van der Waals surface area contributed by atoms with Crippen LogP contribution in [-0.2, 0) is 17.6 Å². The summed E-state index contributed by atoms with van der Waals surface area (Å²) in [5, 5.41) is 1.93. The van der Waals surface area contributed by atoms with Crippen molar-refractivity contribution in [1.82, 2.24) is 9.97 Å². The molecule has 3 aromatic rings. The molecule has 4 rings (SSSR count). The lowest BCUT2D eigenvalue weighted by Gasteiger charge is -2.21. The fourth-order valence-electron chi connectivity index (χ4n) is 3.58. The first kappa shape index (κ1) is 18.4. The lowest BCUT2D eigenvalue weighted by molar-refractivity contribution is -0.117. The number of para-hydroxylation sites is 1. The van der Waals surface area contributed by atoms with E-state index in [2.05, 4.69) is 4.98 Å². The number of thioether (sulfide) groups is 1. The molecule has 27 heavy (non-hydrogen) atoms. The average Bonchev–Trinajstić information content (AvgIpc) is 3.05. The Balaban J connectivity index is 1.64. The van der Waals surface area contributed by atoms with Crippen LogP contribution in [0.1, 0.15) is 36.0 Å². The zero-order valence-electron chi connectivity index (χ0n) is 15.9. The number of carbonyl (C=O) groups is 1. The Labute approximate surface area is 168 Å². The fourth-order valence-corrected chi connectivity index (χ4v) is 6.07. The molecule has 1 aliphatic carbocycles. The van der Waals surface area contributed by atoms with E-state index in [1.807, 2.05) is 51.2 Å². The summed E-state index contributed by atoms with van der Waals surface area (Å²) in [7, 11) is 1.84. The highest BCUT2D eigenvalue weighted by molar-refractivity contribution is 8.00. The summed E-state index contributed by atoms with van der Waals surface area (Å²) in [5.41, 5.74) is 2.33. The summed E-state index contributed by atoms with van der Waals surface area (Å²) in [5.74, 6) is 0.861. The van der Waals surface area contributed by atoms with E-state index in [-0.39, 0.29) is 11.2 Å².